The lowest BCUT2D eigenvalue weighted by atomic mass is 10.1. The van der Waals surface area contributed by atoms with Gasteiger partial charge < -0.3 is 10.7 Å². The topological polar surface area (TPSA) is 92.1 Å². The summed E-state index contributed by atoms with van der Waals surface area (Å²) in [5, 5.41) is 3.62. The van der Waals surface area contributed by atoms with Crippen LogP contribution in [0.25, 0.3) is 10.9 Å². The van der Waals surface area contributed by atoms with Gasteiger partial charge >= 0.3 is 0 Å². The third-order valence-corrected chi connectivity index (χ3v) is 5.52. The average Bonchev–Trinajstić information content (AvgIpc) is 3.25. The Morgan fingerprint density at radius 2 is 2.28 bits per heavy atom. The molecule has 1 amide bonds. The van der Waals surface area contributed by atoms with E-state index in [4.69, 9.17) is 5.73 Å². The van der Waals surface area contributed by atoms with Crippen molar-refractivity contribution in [3.63, 3.8) is 0 Å². The lowest BCUT2D eigenvalue weighted by molar-refractivity contribution is 0.100. The number of fused-ring (bicyclic) bond motifs is 1. The highest BCUT2D eigenvalue weighted by molar-refractivity contribution is 7.09. The van der Waals surface area contributed by atoms with E-state index < -0.39 is 5.91 Å². The van der Waals surface area contributed by atoms with Crippen LogP contribution in [0.4, 0.5) is 0 Å². The molecule has 6 nitrogen and oxygen atoms in total. The van der Waals surface area contributed by atoms with Crippen LogP contribution in [0, 0.1) is 0 Å². The van der Waals surface area contributed by atoms with E-state index in [-0.39, 0.29) is 5.43 Å². The summed E-state index contributed by atoms with van der Waals surface area (Å²) in [5.74, 6) is -0.534. The van der Waals surface area contributed by atoms with Crippen LogP contribution in [-0.4, -0.2) is 27.3 Å². The maximum atomic E-state index is 12.5. The van der Waals surface area contributed by atoms with Crippen molar-refractivity contribution in [2.75, 3.05) is 6.54 Å². The lowest BCUT2D eigenvalue weighted by Crippen LogP contribution is -2.24. The van der Waals surface area contributed by atoms with Crippen molar-refractivity contribution in [1.82, 2.24) is 14.9 Å². The minimum absolute atomic E-state index is 0.100. The SMILES string of the molecule is NC(=O)c1ccc2[nH]c(CN3CCCC3c3nccs3)cc(=O)c2c1. The molecule has 0 bridgehead atoms. The summed E-state index contributed by atoms with van der Waals surface area (Å²) in [7, 11) is 0. The molecule has 1 fully saturated rings. The van der Waals surface area contributed by atoms with Gasteiger partial charge in [0.05, 0.1) is 6.04 Å². The van der Waals surface area contributed by atoms with Crippen LogP contribution in [0.1, 0.15) is 39.9 Å². The number of carbonyl (C=O) groups is 1. The number of H-pyrrole nitrogens is 1. The van der Waals surface area contributed by atoms with Crippen molar-refractivity contribution in [1.29, 1.82) is 0 Å². The Morgan fingerprint density at radius 3 is 3.04 bits per heavy atom. The van der Waals surface area contributed by atoms with Gasteiger partial charge in [0.15, 0.2) is 5.43 Å². The number of nitrogens with one attached hydrogen (secondary N) is 1. The maximum absolute atomic E-state index is 12.5. The van der Waals surface area contributed by atoms with Gasteiger partial charge in [-0.15, -0.1) is 11.3 Å². The summed E-state index contributed by atoms with van der Waals surface area (Å²) in [6.07, 6.45) is 4.06. The molecule has 1 aromatic carbocycles. The summed E-state index contributed by atoms with van der Waals surface area (Å²) < 4.78 is 0. The van der Waals surface area contributed by atoms with Gasteiger partial charge in [0.2, 0.25) is 5.91 Å². The number of amides is 1. The third kappa shape index (κ3) is 3.08. The van der Waals surface area contributed by atoms with Gasteiger partial charge in [-0.1, -0.05) is 0 Å². The zero-order chi connectivity index (χ0) is 17.4. The lowest BCUT2D eigenvalue weighted by Gasteiger charge is -2.22. The average molecular weight is 354 g/mol. The van der Waals surface area contributed by atoms with E-state index in [1.54, 1.807) is 35.6 Å². The molecule has 1 unspecified atom stereocenters. The number of aromatic nitrogens is 2. The van der Waals surface area contributed by atoms with Crippen LogP contribution in [-0.2, 0) is 6.54 Å². The third-order valence-electron chi connectivity index (χ3n) is 4.64. The van der Waals surface area contributed by atoms with Crippen LogP contribution >= 0.6 is 11.3 Å². The smallest absolute Gasteiger partial charge is 0.248 e. The molecule has 1 saturated heterocycles. The maximum Gasteiger partial charge on any atom is 0.248 e. The fourth-order valence-electron chi connectivity index (χ4n) is 3.45. The first-order valence-corrected chi connectivity index (χ1v) is 9.09. The highest BCUT2D eigenvalue weighted by Crippen LogP contribution is 2.33. The number of benzene rings is 1. The number of thiazole rings is 1. The fraction of sp³-hybridized carbons (Fsp3) is 0.278. The first kappa shape index (κ1) is 16.0. The summed E-state index contributed by atoms with van der Waals surface area (Å²) in [4.78, 5) is 33.9. The van der Waals surface area contributed by atoms with Gasteiger partial charge in [-0.05, 0) is 37.6 Å². The summed E-state index contributed by atoms with van der Waals surface area (Å²) in [6, 6.07) is 6.86. The predicted octanol–water partition coefficient (Wildman–Crippen LogP) is 2.42. The minimum atomic E-state index is -0.534. The van der Waals surface area contributed by atoms with Gasteiger partial charge in [-0.25, -0.2) is 4.98 Å². The number of likely N-dealkylation sites (tertiary alicyclic amines) is 1. The molecule has 128 valence electrons. The molecule has 0 spiro atoms. The standard InChI is InChI=1S/C18H18N4O2S/c19-17(24)11-3-4-14-13(8-11)16(23)9-12(21-14)10-22-6-1-2-15(22)18-20-5-7-25-18/h3-5,7-9,15H,1-2,6,10H2,(H2,19,24)(H,21,23). The van der Waals surface area contributed by atoms with E-state index in [1.807, 2.05) is 11.6 Å². The van der Waals surface area contributed by atoms with E-state index in [2.05, 4.69) is 14.9 Å². The molecule has 3 N–H and O–H groups in total. The molecule has 25 heavy (non-hydrogen) atoms. The number of hydrogen-bond acceptors (Lipinski definition) is 5. The first-order chi connectivity index (χ1) is 12.1. The van der Waals surface area contributed by atoms with E-state index in [1.165, 1.54) is 0 Å². The molecular weight excluding hydrogens is 336 g/mol. The molecule has 3 aromatic rings. The number of pyridine rings is 1. The van der Waals surface area contributed by atoms with E-state index >= 15 is 0 Å². The van der Waals surface area contributed by atoms with E-state index in [9.17, 15) is 9.59 Å². The minimum Gasteiger partial charge on any atom is -0.366 e. The van der Waals surface area contributed by atoms with Crippen LogP contribution in [0.5, 0.6) is 0 Å². The molecule has 1 aliphatic rings. The van der Waals surface area contributed by atoms with Crippen molar-refractivity contribution >= 4 is 28.1 Å². The number of primary amides is 1. The highest BCUT2D eigenvalue weighted by atomic mass is 32.1. The van der Waals surface area contributed by atoms with Crippen molar-refractivity contribution in [2.24, 2.45) is 5.73 Å². The van der Waals surface area contributed by atoms with Crippen molar-refractivity contribution < 1.29 is 4.79 Å². The summed E-state index contributed by atoms with van der Waals surface area (Å²) in [5.41, 5.74) is 7.12. The monoisotopic (exact) mass is 354 g/mol. The second-order valence-electron chi connectivity index (χ2n) is 6.28. The molecule has 3 heterocycles. The van der Waals surface area contributed by atoms with Crippen LogP contribution in [0.2, 0.25) is 0 Å². The molecule has 0 radical (unpaired) electrons. The Bertz CT molecular complexity index is 980. The first-order valence-electron chi connectivity index (χ1n) is 8.21. The van der Waals surface area contributed by atoms with Gasteiger partial charge in [0.25, 0.3) is 0 Å². The Kier molecular flexibility index (Phi) is 4.10. The van der Waals surface area contributed by atoms with E-state index in [0.717, 1.165) is 35.6 Å². The van der Waals surface area contributed by atoms with Crippen LogP contribution in [0.15, 0.2) is 40.6 Å². The quantitative estimate of drug-likeness (QED) is 0.753. The molecule has 1 atom stereocenters. The van der Waals surface area contributed by atoms with Gasteiger partial charge in [-0.3, -0.25) is 14.5 Å². The Hall–Kier alpha value is -2.51. The molecule has 1 aliphatic heterocycles. The molecule has 7 heteroatoms. The number of aromatic amines is 1. The van der Waals surface area contributed by atoms with Gasteiger partial charge in [-0.2, -0.15) is 0 Å². The molecule has 2 aromatic heterocycles. The highest BCUT2D eigenvalue weighted by Gasteiger charge is 2.28. The van der Waals surface area contributed by atoms with Crippen molar-refractivity contribution in [2.45, 2.75) is 25.4 Å². The number of hydrogen-bond donors (Lipinski definition) is 2. The Balaban J connectivity index is 1.65. The Morgan fingerprint density at radius 1 is 1.40 bits per heavy atom. The number of carbonyl (C=O) groups excluding carboxylic acids is 1. The van der Waals surface area contributed by atoms with E-state index in [0.29, 0.717) is 23.5 Å². The second-order valence-corrected chi connectivity index (χ2v) is 7.21. The zero-order valence-corrected chi connectivity index (χ0v) is 14.4. The zero-order valence-electron chi connectivity index (χ0n) is 13.6. The van der Waals surface area contributed by atoms with Crippen molar-refractivity contribution in [3.05, 3.63) is 62.3 Å². The van der Waals surface area contributed by atoms with Gasteiger partial charge in [0, 0.05) is 46.3 Å². The fourth-order valence-corrected chi connectivity index (χ4v) is 4.26. The summed E-state index contributed by atoms with van der Waals surface area (Å²) >= 11 is 1.68. The Labute approximate surface area is 148 Å². The number of nitrogens with two attached hydrogens (primary N) is 1. The normalized spacial score (nSPS) is 18.0. The largest absolute Gasteiger partial charge is 0.366 e. The molecule has 0 aliphatic carbocycles. The summed E-state index contributed by atoms with van der Waals surface area (Å²) in [6.45, 7) is 1.66. The van der Waals surface area contributed by atoms with Crippen molar-refractivity contribution in [3.8, 4) is 0 Å². The van der Waals surface area contributed by atoms with Crippen LogP contribution in [0.3, 0.4) is 0 Å². The number of nitrogens with zero attached hydrogens (tertiary/aromatic N) is 2. The predicted molar refractivity (Wildman–Crippen MR) is 97.6 cm³/mol. The number of rotatable bonds is 4. The molecular formula is C18H18N4O2S. The molecule has 0 saturated carbocycles. The van der Waals surface area contributed by atoms with Gasteiger partial charge in [0.1, 0.15) is 5.01 Å². The molecule has 4 rings (SSSR count). The second kappa shape index (κ2) is 6.42. The van der Waals surface area contributed by atoms with Crippen LogP contribution < -0.4 is 11.2 Å².